The molecule has 0 spiro atoms. The van der Waals surface area contributed by atoms with Gasteiger partial charge >= 0.3 is 5.97 Å². The number of methoxy groups -OCH3 is 1. The normalized spacial score (nSPS) is 12.1. The van der Waals surface area contributed by atoms with Crippen molar-refractivity contribution in [1.82, 2.24) is 19.5 Å². The molecule has 1 aromatic carbocycles. The minimum atomic E-state index is -0.997. The Balaban J connectivity index is 1.90. The number of aryl methyl sites for hydroxylation is 4. The van der Waals surface area contributed by atoms with Crippen LogP contribution in [0.15, 0.2) is 46.4 Å². The molecule has 0 saturated carbocycles. The molecule has 0 unspecified atom stereocenters. The van der Waals surface area contributed by atoms with E-state index < -0.39 is 23.0 Å². The van der Waals surface area contributed by atoms with Crippen LogP contribution in [-0.2, 0) is 22.5 Å². The zero-order valence-corrected chi connectivity index (χ0v) is 20.1. The first-order valence-electron chi connectivity index (χ1n) is 11.3. The second-order valence-corrected chi connectivity index (χ2v) is 8.80. The van der Waals surface area contributed by atoms with Crippen molar-refractivity contribution in [2.45, 2.75) is 46.1 Å². The molecule has 0 aliphatic rings. The van der Waals surface area contributed by atoms with Gasteiger partial charge in [0.1, 0.15) is 5.75 Å². The van der Waals surface area contributed by atoms with E-state index in [4.69, 9.17) is 4.74 Å². The zero-order valence-electron chi connectivity index (χ0n) is 20.1. The average molecular weight is 477 g/mol. The monoisotopic (exact) mass is 476 g/mol. The fourth-order valence-corrected chi connectivity index (χ4v) is 4.61. The van der Waals surface area contributed by atoms with Crippen LogP contribution in [0.1, 0.15) is 46.0 Å². The third-order valence-electron chi connectivity index (χ3n) is 6.33. The van der Waals surface area contributed by atoms with Crippen LogP contribution in [0.25, 0.3) is 10.9 Å². The maximum atomic E-state index is 13.7. The van der Waals surface area contributed by atoms with Gasteiger partial charge < -0.3 is 24.4 Å². The predicted molar refractivity (Wildman–Crippen MR) is 132 cm³/mol. The quantitative estimate of drug-likeness (QED) is 0.352. The molecule has 9 heteroatoms. The summed E-state index contributed by atoms with van der Waals surface area (Å²) in [4.78, 5) is 49.1. The Bertz CT molecular complexity index is 1520. The molecule has 0 saturated heterocycles. The lowest BCUT2D eigenvalue weighted by Crippen LogP contribution is -2.31. The van der Waals surface area contributed by atoms with Gasteiger partial charge in [-0.15, -0.1) is 0 Å². The number of aromatic nitrogens is 4. The summed E-state index contributed by atoms with van der Waals surface area (Å²) in [5, 5.41) is 11.6. The second kappa shape index (κ2) is 9.61. The molecule has 0 bridgehead atoms. The number of carbonyl (C=O) groups is 1. The number of hydrogen-bond acceptors (Lipinski definition) is 6. The number of rotatable bonds is 7. The average Bonchev–Trinajstić information content (AvgIpc) is 3.31. The van der Waals surface area contributed by atoms with E-state index in [1.807, 2.05) is 26.0 Å². The highest BCUT2D eigenvalue weighted by atomic mass is 16.5. The number of H-pyrrole nitrogens is 2. The van der Waals surface area contributed by atoms with Gasteiger partial charge in [0, 0.05) is 42.0 Å². The Morgan fingerprint density at radius 1 is 1.17 bits per heavy atom. The Morgan fingerprint density at radius 3 is 2.63 bits per heavy atom. The number of carbonyl (C=O) groups excluding carboxylic acids is 1. The molecule has 35 heavy (non-hydrogen) atoms. The fraction of sp³-hybridized carbons (Fsp3) is 0.308. The first kappa shape index (κ1) is 24.0. The summed E-state index contributed by atoms with van der Waals surface area (Å²) in [5.74, 6) is -1.86. The van der Waals surface area contributed by atoms with Crippen LogP contribution in [-0.4, -0.2) is 37.7 Å². The van der Waals surface area contributed by atoms with E-state index in [0.717, 1.165) is 22.2 Å². The van der Waals surface area contributed by atoms with Crippen LogP contribution >= 0.6 is 0 Å². The van der Waals surface area contributed by atoms with Crippen molar-refractivity contribution in [3.05, 3.63) is 91.1 Å². The number of hydrogen-bond donors (Lipinski definition) is 3. The van der Waals surface area contributed by atoms with Crippen LogP contribution in [0.4, 0.5) is 0 Å². The molecule has 0 fully saturated rings. The standard InChI is InChI=1S/C26H28N4O5/c1-14-7-15(2)24-17(8-14)10-20(25(33)29-24)19(11-22(32)35-4)23-21(31)9-16(3)30(26(23)34)6-5-18-12-27-13-28-18/h7-10,12-13,19,31H,5-6,11H2,1-4H3,(H,27,28)(H,29,33)/t19-/m0/s1. The topological polar surface area (TPSA) is 130 Å². The minimum absolute atomic E-state index is 0.0140. The summed E-state index contributed by atoms with van der Waals surface area (Å²) in [6.07, 6.45) is 3.49. The van der Waals surface area contributed by atoms with Gasteiger partial charge in [0.2, 0.25) is 0 Å². The summed E-state index contributed by atoms with van der Waals surface area (Å²) >= 11 is 0. The summed E-state index contributed by atoms with van der Waals surface area (Å²) in [6, 6.07) is 7.07. The molecule has 9 nitrogen and oxygen atoms in total. The third kappa shape index (κ3) is 4.75. The number of pyridine rings is 2. The summed E-state index contributed by atoms with van der Waals surface area (Å²) in [7, 11) is 1.24. The van der Waals surface area contributed by atoms with E-state index in [-0.39, 0.29) is 23.3 Å². The van der Waals surface area contributed by atoms with Crippen LogP contribution in [0, 0.1) is 20.8 Å². The van der Waals surface area contributed by atoms with Crippen molar-refractivity contribution >= 4 is 16.9 Å². The Hall–Kier alpha value is -4.14. The number of nitrogens with one attached hydrogen (secondary N) is 2. The number of imidazole rings is 1. The first-order valence-corrected chi connectivity index (χ1v) is 11.3. The summed E-state index contributed by atoms with van der Waals surface area (Å²) < 4.78 is 6.40. The number of nitrogens with zero attached hydrogens (tertiary/aromatic N) is 2. The molecule has 0 amide bonds. The maximum absolute atomic E-state index is 13.7. The van der Waals surface area contributed by atoms with Gasteiger partial charge in [-0.1, -0.05) is 11.6 Å². The van der Waals surface area contributed by atoms with E-state index in [1.54, 1.807) is 25.5 Å². The summed E-state index contributed by atoms with van der Waals surface area (Å²) in [5.41, 5.74) is 3.33. The molecule has 0 radical (unpaired) electrons. The van der Waals surface area contributed by atoms with Gasteiger partial charge in [0.05, 0.1) is 30.9 Å². The van der Waals surface area contributed by atoms with Crippen molar-refractivity contribution in [3.8, 4) is 5.75 Å². The molecule has 0 aliphatic carbocycles. The van der Waals surface area contributed by atoms with E-state index >= 15 is 0 Å². The number of aromatic hydroxyl groups is 1. The molecule has 3 aromatic heterocycles. The van der Waals surface area contributed by atoms with Crippen molar-refractivity contribution < 1.29 is 14.6 Å². The Morgan fingerprint density at radius 2 is 1.94 bits per heavy atom. The van der Waals surface area contributed by atoms with Crippen LogP contribution in [0.3, 0.4) is 0 Å². The number of esters is 1. The van der Waals surface area contributed by atoms with Gasteiger partial charge in [-0.25, -0.2) is 4.98 Å². The lowest BCUT2D eigenvalue weighted by atomic mass is 9.88. The molecular formula is C26H28N4O5. The van der Waals surface area contributed by atoms with Gasteiger partial charge in [-0.2, -0.15) is 0 Å². The van der Waals surface area contributed by atoms with Crippen LogP contribution in [0.5, 0.6) is 5.75 Å². The Labute approximate surface area is 201 Å². The van der Waals surface area contributed by atoms with Crippen molar-refractivity contribution in [1.29, 1.82) is 0 Å². The van der Waals surface area contributed by atoms with E-state index in [1.165, 1.54) is 17.7 Å². The minimum Gasteiger partial charge on any atom is -0.507 e. The van der Waals surface area contributed by atoms with Gasteiger partial charge in [0.25, 0.3) is 11.1 Å². The second-order valence-electron chi connectivity index (χ2n) is 8.80. The van der Waals surface area contributed by atoms with Crippen LogP contribution in [0.2, 0.25) is 0 Å². The maximum Gasteiger partial charge on any atom is 0.306 e. The van der Waals surface area contributed by atoms with Gasteiger partial charge in [0.15, 0.2) is 0 Å². The smallest absolute Gasteiger partial charge is 0.306 e. The number of ether oxygens (including phenoxy) is 1. The van der Waals surface area contributed by atoms with Gasteiger partial charge in [-0.05, 0) is 49.9 Å². The number of aromatic amines is 2. The molecule has 182 valence electrons. The van der Waals surface area contributed by atoms with E-state index in [0.29, 0.717) is 24.2 Å². The van der Waals surface area contributed by atoms with Crippen molar-refractivity contribution in [2.24, 2.45) is 0 Å². The molecule has 3 N–H and O–H groups in total. The molecule has 3 heterocycles. The fourth-order valence-electron chi connectivity index (χ4n) is 4.61. The van der Waals surface area contributed by atoms with E-state index in [2.05, 4.69) is 15.0 Å². The summed E-state index contributed by atoms with van der Waals surface area (Å²) in [6.45, 7) is 5.91. The van der Waals surface area contributed by atoms with Crippen molar-refractivity contribution in [2.75, 3.05) is 7.11 Å². The Kier molecular flexibility index (Phi) is 6.59. The molecule has 4 rings (SSSR count). The lowest BCUT2D eigenvalue weighted by molar-refractivity contribution is -0.140. The largest absolute Gasteiger partial charge is 0.507 e. The van der Waals surface area contributed by atoms with Gasteiger partial charge in [-0.3, -0.25) is 14.4 Å². The molecule has 1 atom stereocenters. The SMILES string of the molecule is COC(=O)C[C@@H](c1cc2cc(C)cc(C)c2[nH]c1=O)c1c(O)cc(C)n(CCc2cnc[nH]2)c1=O. The van der Waals surface area contributed by atoms with Crippen molar-refractivity contribution in [3.63, 3.8) is 0 Å². The number of benzene rings is 1. The zero-order chi connectivity index (χ0) is 25.3. The number of fused-ring (bicyclic) bond motifs is 1. The van der Waals surface area contributed by atoms with Crippen LogP contribution < -0.4 is 11.1 Å². The third-order valence-corrected chi connectivity index (χ3v) is 6.33. The predicted octanol–water partition coefficient (Wildman–Crippen LogP) is 2.98. The molecular weight excluding hydrogens is 448 g/mol. The highest BCUT2D eigenvalue weighted by Gasteiger charge is 2.29. The molecule has 4 aromatic rings. The molecule has 0 aliphatic heterocycles. The van der Waals surface area contributed by atoms with E-state index in [9.17, 15) is 19.5 Å². The first-order chi connectivity index (χ1) is 16.7. The highest BCUT2D eigenvalue weighted by molar-refractivity contribution is 5.83. The lowest BCUT2D eigenvalue weighted by Gasteiger charge is -2.20. The highest BCUT2D eigenvalue weighted by Crippen LogP contribution is 2.32.